The topological polar surface area (TPSA) is 77.0 Å². The van der Waals surface area contributed by atoms with E-state index < -0.39 is 12.3 Å². The van der Waals surface area contributed by atoms with E-state index in [1.165, 1.54) is 14.2 Å². The zero-order chi connectivity index (χ0) is 15.9. The Bertz CT molecular complexity index is 562. The third-order valence-corrected chi connectivity index (χ3v) is 2.80. The van der Waals surface area contributed by atoms with Crippen molar-refractivity contribution in [2.45, 2.75) is 6.29 Å². The molecule has 6 nitrogen and oxygen atoms in total. The first kappa shape index (κ1) is 19.2. The van der Waals surface area contributed by atoms with Crippen LogP contribution in [0.1, 0.15) is 0 Å². The van der Waals surface area contributed by atoms with Gasteiger partial charge in [0.25, 0.3) is 6.29 Å². The predicted molar refractivity (Wildman–Crippen MR) is 76.0 cm³/mol. The van der Waals surface area contributed by atoms with Crippen molar-refractivity contribution in [3.8, 4) is 23.0 Å². The van der Waals surface area contributed by atoms with Gasteiger partial charge in [-0.15, -0.1) is 0 Å². The summed E-state index contributed by atoms with van der Waals surface area (Å²) in [7, 11) is 3.07. The van der Waals surface area contributed by atoms with Gasteiger partial charge in [-0.2, -0.15) is 0 Å². The van der Waals surface area contributed by atoms with Crippen molar-refractivity contribution in [1.82, 2.24) is 0 Å². The molecular formula is C16H15NaO6. The van der Waals surface area contributed by atoms with Gasteiger partial charge in [0.15, 0.2) is 0 Å². The molecule has 0 fully saturated rings. The molecule has 116 valence electrons. The largest absolute Gasteiger partial charge is 1.00 e. The van der Waals surface area contributed by atoms with Crippen molar-refractivity contribution < 1.29 is 58.4 Å². The molecule has 0 amide bonds. The van der Waals surface area contributed by atoms with Crippen LogP contribution in [0.5, 0.6) is 23.0 Å². The number of carboxylic acids is 1. The summed E-state index contributed by atoms with van der Waals surface area (Å²) in [6.07, 6.45) is -1.57. The minimum Gasteiger partial charge on any atom is -0.543 e. The Morgan fingerprint density at radius 1 is 0.783 bits per heavy atom. The molecule has 0 aromatic heterocycles. The van der Waals surface area contributed by atoms with E-state index in [1.807, 2.05) is 0 Å². The van der Waals surface area contributed by atoms with E-state index in [2.05, 4.69) is 0 Å². The first-order valence-electron chi connectivity index (χ1n) is 6.44. The smallest absolute Gasteiger partial charge is 0.543 e. The number of rotatable bonds is 7. The fraction of sp³-hybridized carbons (Fsp3) is 0.188. The third kappa shape index (κ3) is 5.67. The molecule has 0 saturated heterocycles. The van der Waals surface area contributed by atoms with Crippen LogP contribution in [0.15, 0.2) is 48.5 Å². The normalized spacial score (nSPS) is 9.70. The molecule has 23 heavy (non-hydrogen) atoms. The van der Waals surface area contributed by atoms with Gasteiger partial charge < -0.3 is 28.8 Å². The van der Waals surface area contributed by atoms with Crippen LogP contribution < -0.4 is 53.6 Å². The van der Waals surface area contributed by atoms with Gasteiger partial charge in [-0.25, -0.2) is 0 Å². The molecule has 0 saturated carbocycles. The van der Waals surface area contributed by atoms with Crippen LogP contribution in [0.4, 0.5) is 0 Å². The van der Waals surface area contributed by atoms with Crippen molar-refractivity contribution in [1.29, 1.82) is 0 Å². The maximum atomic E-state index is 11.1. The summed E-state index contributed by atoms with van der Waals surface area (Å²) in [5.74, 6) is 0.431. The molecule has 0 heterocycles. The second-order valence-corrected chi connectivity index (χ2v) is 4.24. The summed E-state index contributed by atoms with van der Waals surface area (Å²) in [4.78, 5) is 11.1. The molecular weight excluding hydrogens is 311 g/mol. The average molecular weight is 326 g/mol. The van der Waals surface area contributed by atoms with Gasteiger partial charge in [0, 0.05) is 0 Å². The number of carbonyl (C=O) groups excluding carboxylic acids is 1. The second-order valence-electron chi connectivity index (χ2n) is 4.24. The zero-order valence-electron chi connectivity index (χ0n) is 13.1. The fourth-order valence-electron chi connectivity index (χ4n) is 1.68. The van der Waals surface area contributed by atoms with Crippen molar-refractivity contribution in [3.63, 3.8) is 0 Å². The minimum absolute atomic E-state index is 0. The quantitative estimate of drug-likeness (QED) is 0.443. The van der Waals surface area contributed by atoms with Gasteiger partial charge in [-0.05, 0) is 48.5 Å². The molecule has 7 heteroatoms. The monoisotopic (exact) mass is 326 g/mol. The van der Waals surface area contributed by atoms with Crippen LogP contribution in [0.2, 0.25) is 0 Å². The van der Waals surface area contributed by atoms with Crippen molar-refractivity contribution >= 4 is 5.97 Å². The summed E-state index contributed by atoms with van der Waals surface area (Å²) in [6, 6.07) is 12.9. The van der Waals surface area contributed by atoms with Crippen LogP contribution in [0, 0.1) is 0 Å². The molecule has 0 bridgehead atoms. The summed E-state index contributed by atoms with van der Waals surface area (Å²) in [5, 5.41) is 11.1. The summed E-state index contributed by atoms with van der Waals surface area (Å²) in [5.41, 5.74) is 0. The van der Waals surface area contributed by atoms with E-state index in [-0.39, 0.29) is 29.6 Å². The average Bonchev–Trinajstić information content (AvgIpc) is 2.55. The van der Waals surface area contributed by atoms with Gasteiger partial charge in [0.05, 0.1) is 14.2 Å². The maximum absolute atomic E-state index is 11.1. The molecule has 0 aliphatic heterocycles. The molecule has 2 aromatic rings. The van der Waals surface area contributed by atoms with Crippen molar-refractivity contribution in [2.75, 3.05) is 14.2 Å². The van der Waals surface area contributed by atoms with Gasteiger partial charge in [-0.1, -0.05) is 0 Å². The Hall–Kier alpha value is -1.89. The van der Waals surface area contributed by atoms with E-state index in [4.69, 9.17) is 18.9 Å². The minimum atomic E-state index is -1.57. The predicted octanol–water partition coefficient (Wildman–Crippen LogP) is -1.76. The molecule has 0 aliphatic rings. The number of ether oxygens (including phenoxy) is 4. The van der Waals surface area contributed by atoms with Crippen LogP contribution in [0.25, 0.3) is 0 Å². The summed E-state index contributed by atoms with van der Waals surface area (Å²) < 4.78 is 20.6. The van der Waals surface area contributed by atoms with Gasteiger partial charge >= 0.3 is 29.6 Å². The van der Waals surface area contributed by atoms with Crippen LogP contribution in [-0.4, -0.2) is 26.5 Å². The number of methoxy groups -OCH3 is 2. The Kier molecular flexibility index (Phi) is 7.74. The number of aliphatic carboxylic acids is 1. The van der Waals surface area contributed by atoms with Crippen LogP contribution >= 0.6 is 0 Å². The van der Waals surface area contributed by atoms with Crippen LogP contribution in [-0.2, 0) is 4.79 Å². The molecule has 0 aliphatic carbocycles. The number of hydrogen-bond donors (Lipinski definition) is 0. The Morgan fingerprint density at radius 2 is 1.09 bits per heavy atom. The number of carboxylic acid groups (broad SMARTS) is 1. The van der Waals surface area contributed by atoms with E-state index >= 15 is 0 Å². The number of carbonyl (C=O) groups is 1. The summed E-state index contributed by atoms with van der Waals surface area (Å²) >= 11 is 0. The SMILES string of the molecule is COc1ccc(OC(Oc2ccc(OC)cc2)C(=O)[O-])cc1.[Na+]. The second kappa shape index (κ2) is 9.29. The van der Waals surface area contributed by atoms with Crippen LogP contribution in [0.3, 0.4) is 0 Å². The number of hydrogen-bond acceptors (Lipinski definition) is 6. The Morgan fingerprint density at radius 3 is 1.35 bits per heavy atom. The first-order chi connectivity index (χ1) is 10.6. The van der Waals surface area contributed by atoms with E-state index in [9.17, 15) is 9.90 Å². The maximum Gasteiger partial charge on any atom is 1.00 e. The summed E-state index contributed by atoms with van der Waals surface area (Å²) in [6.45, 7) is 0. The molecule has 0 N–H and O–H groups in total. The van der Waals surface area contributed by atoms with E-state index in [0.717, 1.165) is 0 Å². The van der Waals surface area contributed by atoms with Crippen molar-refractivity contribution in [2.24, 2.45) is 0 Å². The zero-order valence-corrected chi connectivity index (χ0v) is 15.1. The first-order valence-corrected chi connectivity index (χ1v) is 6.44. The molecule has 0 spiro atoms. The third-order valence-electron chi connectivity index (χ3n) is 2.80. The standard InChI is InChI=1S/C16H16O6.Na/c1-19-11-3-7-13(8-4-11)21-16(15(17)18)22-14-9-5-12(20-2)6-10-14;/h3-10,16H,1-2H3,(H,17,18);/q;+1/p-1. The van der Waals surface area contributed by atoms with E-state index in [1.54, 1.807) is 48.5 Å². The van der Waals surface area contributed by atoms with Gasteiger partial charge in [0.2, 0.25) is 0 Å². The Labute approximate surface area is 156 Å². The Balaban J connectivity index is 0.00000264. The van der Waals surface area contributed by atoms with Gasteiger partial charge in [-0.3, -0.25) is 0 Å². The molecule has 0 unspecified atom stereocenters. The fourth-order valence-corrected chi connectivity index (χ4v) is 1.68. The number of benzene rings is 2. The molecule has 2 rings (SSSR count). The van der Waals surface area contributed by atoms with E-state index in [0.29, 0.717) is 23.0 Å². The molecule has 0 atom stereocenters. The van der Waals surface area contributed by atoms with Crippen molar-refractivity contribution in [3.05, 3.63) is 48.5 Å². The van der Waals surface area contributed by atoms with Gasteiger partial charge in [0.1, 0.15) is 29.0 Å². The molecule has 2 aromatic carbocycles. The molecule has 0 radical (unpaired) electrons.